The van der Waals surface area contributed by atoms with Crippen molar-refractivity contribution in [2.75, 3.05) is 36.4 Å². The average molecular weight is 556 g/mol. The van der Waals surface area contributed by atoms with Gasteiger partial charge in [0.25, 0.3) is 17.5 Å². The summed E-state index contributed by atoms with van der Waals surface area (Å²) in [5.74, 6) is -0.602. The number of nitrogens with one attached hydrogen (secondary N) is 2. The van der Waals surface area contributed by atoms with Gasteiger partial charge in [-0.2, -0.15) is 0 Å². The number of rotatable bonds is 8. The Labute approximate surface area is 240 Å². The molecule has 0 aromatic heterocycles. The number of nitro benzene ring substituents is 1. The van der Waals surface area contributed by atoms with Gasteiger partial charge in [-0.3, -0.25) is 24.6 Å². The molecular formula is C32H37N5O4. The molecule has 1 aliphatic carbocycles. The van der Waals surface area contributed by atoms with E-state index in [1.807, 2.05) is 12.1 Å². The van der Waals surface area contributed by atoms with E-state index >= 15 is 0 Å². The molecule has 1 saturated heterocycles. The number of benzene rings is 3. The van der Waals surface area contributed by atoms with Crippen LogP contribution in [0.1, 0.15) is 63.9 Å². The molecule has 1 saturated carbocycles. The van der Waals surface area contributed by atoms with Crippen LogP contribution in [-0.4, -0.2) is 53.9 Å². The number of aryl methyl sites for hydroxylation is 1. The molecular weight excluding hydrogens is 518 g/mol. The maximum Gasteiger partial charge on any atom is 0.273 e. The molecule has 9 nitrogen and oxygen atoms in total. The fourth-order valence-electron chi connectivity index (χ4n) is 5.72. The Kier molecular flexibility index (Phi) is 8.94. The number of carbonyl (C=O) groups excluding carboxylic acids is 2. The van der Waals surface area contributed by atoms with E-state index in [-0.39, 0.29) is 23.2 Å². The standard InChI is InChI=1S/C32H37N5O4/c1-23-12-13-25(20-30(23)37(40)41)31(38)34-27-14-15-29(28(21-27)32(39)33-26-10-6-3-7-11-26)36-18-16-35(17-19-36)22-24-8-4-2-5-9-24/h2,4-5,8-9,12-15,20-21,26H,3,6-7,10-11,16-19,22H2,1H3,(H,33,39)(H,34,38). The Balaban J connectivity index is 1.34. The number of nitro groups is 1. The van der Waals surface area contributed by atoms with Crippen molar-refractivity contribution in [2.45, 2.75) is 51.6 Å². The summed E-state index contributed by atoms with van der Waals surface area (Å²) in [6.07, 6.45) is 5.37. The molecule has 2 amide bonds. The Morgan fingerprint density at radius 2 is 1.63 bits per heavy atom. The number of anilines is 2. The highest BCUT2D eigenvalue weighted by molar-refractivity contribution is 6.06. The monoisotopic (exact) mass is 555 g/mol. The zero-order chi connectivity index (χ0) is 28.8. The molecule has 2 N–H and O–H groups in total. The minimum Gasteiger partial charge on any atom is -0.368 e. The molecule has 3 aromatic rings. The highest BCUT2D eigenvalue weighted by Crippen LogP contribution is 2.28. The largest absolute Gasteiger partial charge is 0.368 e. The van der Waals surface area contributed by atoms with Crippen molar-refractivity contribution >= 4 is 28.9 Å². The molecule has 0 spiro atoms. The zero-order valence-electron chi connectivity index (χ0n) is 23.5. The maximum atomic E-state index is 13.6. The van der Waals surface area contributed by atoms with Gasteiger partial charge in [0.2, 0.25) is 0 Å². The molecule has 0 bridgehead atoms. The maximum absolute atomic E-state index is 13.6. The second kappa shape index (κ2) is 13.0. The van der Waals surface area contributed by atoms with Crippen molar-refractivity contribution in [1.29, 1.82) is 0 Å². The molecule has 41 heavy (non-hydrogen) atoms. The van der Waals surface area contributed by atoms with Crippen LogP contribution in [-0.2, 0) is 6.54 Å². The van der Waals surface area contributed by atoms with E-state index in [0.29, 0.717) is 16.8 Å². The van der Waals surface area contributed by atoms with Crippen molar-refractivity contribution < 1.29 is 14.5 Å². The molecule has 0 atom stereocenters. The van der Waals surface area contributed by atoms with Gasteiger partial charge in [-0.25, -0.2) is 0 Å². The molecule has 1 aliphatic heterocycles. The minimum atomic E-state index is -0.492. The third-order valence-electron chi connectivity index (χ3n) is 8.07. The third-order valence-corrected chi connectivity index (χ3v) is 8.07. The van der Waals surface area contributed by atoms with E-state index in [1.54, 1.807) is 31.2 Å². The summed E-state index contributed by atoms with van der Waals surface area (Å²) in [4.78, 5) is 42.2. The first kappa shape index (κ1) is 28.3. The van der Waals surface area contributed by atoms with Crippen molar-refractivity contribution in [3.05, 3.63) is 99.1 Å². The Hall–Kier alpha value is -4.24. The molecule has 1 heterocycles. The molecule has 2 aliphatic rings. The molecule has 214 valence electrons. The average Bonchev–Trinajstić information content (AvgIpc) is 2.98. The lowest BCUT2D eigenvalue weighted by atomic mass is 9.95. The van der Waals surface area contributed by atoms with Gasteiger partial charge in [0.15, 0.2) is 0 Å². The number of carbonyl (C=O) groups is 2. The van der Waals surface area contributed by atoms with Crippen LogP contribution in [0.4, 0.5) is 17.1 Å². The van der Waals surface area contributed by atoms with E-state index < -0.39 is 10.8 Å². The molecule has 0 unspecified atom stereocenters. The van der Waals surface area contributed by atoms with Gasteiger partial charge in [-0.1, -0.05) is 55.7 Å². The summed E-state index contributed by atoms with van der Waals surface area (Å²) in [6.45, 7) is 5.86. The normalized spacial score (nSPS) is 16.3. The van der Waals surface area contributed by atoms with Gasteiger partial charge in [-0.15, -0.1) is 0 Å². The lowest BCUT2D eigenvalue weighted by molar-refractivity contribution is -0.385. The Morgan fingerprint density at radius 1 is 0.902 bits per heavy atom. The van der Waals surface area contributed by atoms with E-state index in [0.717, 1.165) is 64.1 Å². The number of hydrogen-bond donors (Lipinski definition) is 2. The minimum absolute atomic E-state index is 0.105. The molecule has 3 aromatic carbocycles. The fraction of sp³-hybridized carbons (Fsp3) is 0.375. The first-order chi connectivity index (χ1) is 19.9. The van der Waals surface area contributed by atoms with Crippen molar-refractivity contribution in [1.82, 2.24) is 10.2 Å². The quantitative estimate of drug-likeness (QED) is 0.279. The van der Waals surface area contributed by atoms with Gasteiger partial charge in [0, 0.05) is 67.3 Å². The van der Waals surface area contributed by atoms with Gasteiger partial charge in [-0.05, 0) is 49.6 Å². The summed E-state index contributed by atoms with van der Waals surface area (Å²) in [7, 11) is 0. The topological polar surface area (TPSA) is 108 Å². The summed E-state index contributed by atoms with van der Waals surface area (Å²) in [5.41, 5.74) is 3.70. The summed E-state index contributed by atoms with van der Waals surface area (Å²) in [5, 5.41) is 17.4. The Morgan fingerprint density at radius 3 is 2.34 bits per heavy atom. The number of hydrogen-bond acceptors (Lipinski definition) is 6. The lowest BCUT2D eigenvalue weighted by Gasteiger charge is -2.37. The Bertz CT molecular complexity index is 1400. The fourth-order valence-corrected chi connectivity index (χ4v) is 5.72. The second-order valence-corrected chi connectivity index (χ2v) is 11.0. The highest BCUT2D eigenvalue weighted by Gasteiger charge is 2.25. The molecule has 0 radical (unpaired) electrons. The van der Waals surface area contributed by atoms with Crippen molar-refractivity contribution in [2.24, 2.45) is 0 Å². The van der Waals surface area contributed by atoms with Crippen LogP contribution in [0.25, 0.3) is 0 Å². The lowest BCUT2D eigenvalue weighted by Crippen LogP contribution is -2.46. The molecule has 9 heteroatoms. The van der Waals surface area contributed by atoms with E-state index in [1.165, 1.54) is 18.1 Å². The zero-order valence-corrected chi connectivity index (χ0v) is 23.5. The van der Waals surface area contributed by atoms with Crippen LogP contribution < -0.4 is 15.5 Å². The number of amides is 2. The predicted octanol–water partition coefficient (Wildman–Crippen LogP) is 5.54. The van der Waals surface area contributed by atoms with E-state index in [4.69, 9.17) is 0 Å². The van der Waals surface area contributed by atoms with Crippen LogP contribution >= 0.6 is 0 Å². The van der Waals surface area contributed by atoms with Crippen LogP contribution in [0.2, 0.25) is 0 Å². The number of piperazine rings is 1. The second-order valence-electron chi connectivity index (χ2n) is 11.0. The predicted molar refractivity (Wildman–Crippen MR) is 160 cm³/mol. The van der Waals surface area contributed by atoms with Crippen LogP contribution in [0.15, 0.2) is 66.7 Å². The molecule has 2 fully saturated rings. The van der Waals surface area contributed by atoms with Crippen molar-refractivity contribution in [3.63, 3.8) is 0 Å². The smallest absolute Gasteiger partial charge is 0.273 e. The van der Waals surface area contributed by atoms with Crippen LogP contribution in [0.5, 0.6) is 0 Å². The van der Waals surface area contributed by atoms with Gasteiger partial charge < -0.3 is 15.5 Å². The van der Waals surface area contributed by atoms with Gasteiger partial charge in [0.1, 0.15) is 0 Å². The van der Waals surface area contributed by atoms with Gasteiger partial charge >= 0.3 is 0 Å². The van der Waals surface area contributed by atoms with Gasteiger partial charge in [0.05, 0.1) is 10.5 Å². The number of nitrogens with zero attached hydrogens (tertiary/aromatic N) is 3. The van der Waals surface area contributed by atoms with E-state index in [9.17, 15) is 19.7 Å². The summed E-state index contributed by atoms with van der Waals surface area (Å²) < 4.78 is 0. The highest BCUT2D eigenvalue weighted by atomic mass is 16.6. The van der Waals surface area contributed by atoms with E-state index in [2.05, 4.69) is 44.7 Å². The third kappa shape index (κ3) is 7.10. The van der Waals surface area contributed by atoms with Crippen molar-refractivity contribution in [3.8, 4) is 0 Å². The molecule has 5 rings (SSSR count). The summed E-state index contributed by atoms with van der Waals surface area (Å²) in [6, 6.07) is 20.4. The SMILES string of the molecule is Cc1ccc(C(=O)Nc2ccc(N3CCN(Cc4ccccc4)CC3)c(C(=O)NC3CCCCC3)c2)cc1[N+](=O)[O-]. The summed E-state index contributed by atoms with van der Waals surface area (Å²) >= 11 is 0. The first-order valence-corrected chi connectivity index (χ1v) is 14.4. The first-order valence-electron chi connectivity index (χ1n) is 14.4. The van der Waals surface area contributed by atoms with Crippen LogP contribution in [0, 0.1) is 17.0 Å². The van der Waals surface area contributed by atoms with Crippen LogP contribution in [0.3, 0.4) is 0 Å².